The van der Waals surface area contributed by atoms with Crippen LogP contribution in [-0.4, -0.2) is 15.2 Å². The van der Waals surface area contributed by atoms with Crippen molar-refractivity contribution in [3.8, 4) is 0 Å². The van der Waals surface area contributed by atoms with Crippen LogP contribution in [0.4, 0.5) is 0 Å². The molecule has 0 saturated heterocycles. The normalized spacial score (nSPS) is 11.0. The highest BCUT2D eigenvalue weighted by Gasteiger charge is 2.09. The molecule has 0 aliphatic heterocycles. The average Bonchev–Trinajstić information content (AvgIpc) is 2.92. The summed E-state index contributed by atoms with van der Waals surface area (Å²) in [6.45, 7) is 2.05. The quantitative estimate of drug-likeness (QED) is 0.730. The lowest BCUT2D eigenvalue weighted by molar-refractivity contribution is -0.117. The number of carbonyl (C=O) groups excluding carboxylic acids is 1. The molecular formula is C15H14N2OS. The van der Waals surface area contributed by atoms with Gasteiger partial charge in [-0.05, 0) is 12.5 Å². The number of Topliss-reactive ketones (excluding diaryl/α,β-unsaturated/α-hetero) is 1. The smallest absolute Gasteiger partial charge is 0.193 e. The number of hydrogen-bond acceptors (Lipinski definition) is 3. The Hall–Kier alpha value is -1.94. The van der Waals surface area contributed by atoms with Crippen molar-refractivity contribution in [1.82, 2.24) is 9.38 Å². The van der Waals surface area contributed by atoms with Crippen LogP contribution in [0.5, 0.6) is 0 Å². The highest BCUT2D eigenvalue weighted by Crippen LogP contribution is 2.13. The first-order valence-electron chi connectivity index (χ1n) is 6.19. The number of rotatable bonds is 4. The van der Waals surface area contributed by atoms with Gasteiger partial charge in [-0.2, -0.15) is 0 Å². The molecular weight excluding hydrogens is 256 g/mol. The van der Waals surface area contributed by atoms with Crippen LogP contribution in [0.1, 0.15) is 16.8 Å². The van der Waals surface area contributed by atoms with E-state index < -0.39 is 0 Å². The van der Waals surface area contributed by atoms with E-state index >= 15 is 0 Å². The van der Waals surface area contributed by atoms with Crippen molar-refractivity contribution in [3.63, 3.8) is 0 Å². The minimum Gasteiger partial charge on any atom is -0.299 e. The van der Waals surface area contributed by atoms with Crippen molar-refractivity contribution < 1.29 is 4.79 Å². The van der Waals surface area contributed by atoms with Crippen molar-refractivity contribution in [2.45, 2.75) is 19.8 Å². The van der Waals surface area contributed by atoms with Crippen molar-refractivity contribution in [2.24, 2.45) is 0 Å². The second kappa shape index (κ2) is 4.97. The van der Waals surface area contributed by atoms with E-state index in [2.05, 4.69) is 4.98 Å². The van der Waals surface area contributed by atoms with E-state index in [0.717, 1.165) is 16.2 Å². The largest absolute Gasteiger partial charge is 0.299 e. The number of aromatic nitrogens is 2. The zero-order chi connectivity index (χ0) is 13.2. The number of aryl methyl sites for hydroxylation is 1. The molecule has 0 saturated carbocycles. The number of imidazole rings is 1. The standard InChI is InChI=1S/C15H14N2OS/c1-11-2-4-12(5-3-11)8-14(18)9-13-10-17-6-7-19-15(17)16-13/h2-7,10H,8-9H2,1H3. The van der Waals surface area contributed by atoms with E-state index in [4.69, 9.17) is 0 Å². The molecule has 0 atom stereocenters. The molecule has 3 nitrogen and oxygen atoms in total. The molecule has 0 bridgehead atoms. The van der Waals surface area contributed by atoms with Gasteiger partial charge in [-0.25, -0.2) is 4.98 Å². The zero-order valence-electron chi connectivity index (χ0n) is 10.7. The second-order valence-electron chi connectivity index (χ2n) is 4.70. The molecule has 0 fully saturated rings. The Labute approximate surface area is 115 Å². The number of fused-ring (bicyclic) bond motifs is 1. The van der Waals surface area contributed by atoms with Crippen molar-refractivity contribution in [2.75, 3.05) is 0 Å². The summed E-state index contributed by atoms with van der Waals surface area (Å²) in [5.74, 6) is 0.203. The van der Waals surface area contributed by atoms with Crippen molar-refractivity contribution >= 4 is 22.1 Å². The van der Waals surface area contributed by atoms with Gasteiger partial charge < -0.3 is 0 Å². The Balaban J connectivity index is 1.68. The lowest BCUT2D eigenvalue weighted by atomic mass is 10.0. The van der Waals surface area contributed by atoms with Crippen LogP contribution in [0.3, 0.4) is 0 Å². The molecule has 0 aliphatic carbocycles. The Kier molecular flexibility index (Phi) is 3.17. The van der Waals surface area contributed by atoms with Gasteiger partial charge in [0.1, 0.15) is 5.78 Å². The van der Waals surface area contributed by atoms with Crippen molar-refractivity contribution in [1.29, 1.82) is 0 Å². The summed E-state index contributed by atoms with van der Waals surface area (Å²) in [5.41, 5.74) is 3.13. The summed E-state index contributed by atoms with van der Waals surface area (Å²) in [6, 6.07) is 8.10. The summed E-state index contributed by atoms with van der Waals surface area (Å²) in [5, 5.41) is 1.99. The summed E-state index contributed by atoms with van der Waals surface area (Å²) in [6.07, 6.45) is 4.77. The maximum Gasteiger partial charge on any atom is 0.193 e. The first-order chi connectivity index (χ1) is 9.20. The minimum absolute atomic E-state index is 0.203. The molecule has 1 aromatic carbocycles. The maximum absolute atomic E-state index is 12.0. The fourth-order valence-electron chi connectivity index (χ4n) is 2.06. The molecule has 0 N–H and O–H groups in total. The third-order valence-electron chi connectivity index (χ3n) is 3.04. The lowest BCUT2D eigenvalue weighted by Gasteiger charge is -2.00. The van der Waals surface area contributed by atoms with Gasteiger partial charge in [0.15, 0.2) is 4.96 Å². The molecule has 2 heterocycles. The molecule has 0 spiro atoms. The number of carbonyl (C=O) groups is 1. The molecule has 0 aliphatic rings. The van der Waals surface area contributed by atoms with Crippen LogP contribution in [0.2, 0.25) is 0 Å². The lowest BCUT2D eigenvalue weighted by Crippen LogP contribution is -2.06. The topological polar surface area (TPSA) is 34.4 Å². The van der Waals surface area contributed by atoms with Crippen LogP contribution < -0.4 is 0 Å². The SMILES string of the molecule is Cc1ccc(CC(=O)Cc2cn3ccsc3n2)cc1. The predicted octanol–water partition coefficient (Wildman–Crippen LogP) is 3.06. The minimum atomic E-state index is 0.203. The molecule has 0 radical (unpaired) electrons. The highest BCUT2D eigenvalue weighted by molar-refractivity contribution is 7.15. The van der Waals surface area contributed by atoms with E-state index in [0.29, 0.717) is 12.8 Å². The maximum atomic E-state index is 12.0. The summed E-state index contributed by atoms with van der Waals surface area (Å²) < 4.78 is 1.96. The van der Waals surface area contributed by atoms with E-state index in [9.17, 15) is 4.79 Å². The number of thiazole rings is 1. The van der Waals surface area contributed by atoms with Crippen LogP contribution in [0, 0.1) is 6.92 Å². The third kappa shape index (κ3) is 2.74. The van der Waals surface area contributed by atoms with E-state index in [1.807, 2.05) is 53.4 Å². The number of benzene rings is 1. The highest BCUT2D eigenvalue weighted by atomic mass is 32.1. The number of hydrogen-bond donors (Lipinski definition) is 0. The predicted molar refractivity (Wildman–Crippen MR) is 76.7 cm³/mol. The Morgan fingerprint density at radius 3 is 2.79 bits per heavy atom. The summed E-state index contributed by atoms with van der Waals surface area (Å²) >= 11 is 1.58. The molecule has 19 heavy (non-hydrogen) atoms. The Bertz CT molecular complexity index is 681. The van der Waals surface area contributed by atoms with E-state index in [1.165, 1.54) is 5.56 Å². The molecule has 96 valence electrons. The Morgan fingerprint density at radius 2 is 2.05 bits per heavy atom. The van der Waals surface area contributed by atoms with Crippen LogP contribution in [0.15, 0.2) is 42.0 Å². The van der Waals surface area contributed by atoms with Gasteiger partial charge in [-0.1, -0.05) is 29.8 Å². The molecule has 0 unspecified atom stereocenters. The monoisotopic (exact) mass is 270 g/mol. The van der Waals surface area contributed by atoms with Crippen molar-refractivity contribution in [3.05, 3.63) is 58.9 Å². The average molecular weight is 270 g/mol. The fraction of sp³-hybridized carbons (Fsp3) is 0.200. The van der Waals surface area contributed by atoms with Crippen LogP contribution >= 0.6 is 11.3 Å². The Morgan fingerprint density at radius 1 is 1.26 bits per heavy atom. The molecule has 3 aromatic rings. The van der Waals surface area contributed by atoms with Gasteiger partial charge in [-0.15, -0.1) is 11.3 Å². The second-order valence-corrected chi connectivity index (χ2v) is 5.58. The van der Waals surface area contributed by atoms with Gasteiger partial charge in [-0.3, -0.25) is 9.20 Å². The molecule has 2 aromatic heterocycles. The van der Waals surface area contributed by atoms with Crippen LogP contribution in [0.25, 0.3) is 4.96 Å². The summed E-state index contributed by atoms with van der Waals surface area (Å²) in [4.78, 5) is 17.4. The van der Waals surface area contributed by atoms with Gasteiger partial charge in [0.05, 0.1) is 12.1 Å². The number of nitrogens with zero attached hydrogens (tertiary/aromatic N) is 2. The summed E-state index contributed by atoms with van der Waals surface area (Å²) in [7, 11) is 0. The molecule has 3 rings (SSSR count). The first-order valence-corrected chi connectivity index (χ1v) is 7.07. The molecule has 0 amide bonds. The van der Waals surface area contributed by atoms with Gasteiger partial charge >= 0.3 is 0 Å². The zero-order valence-corrected chi connectivity index (χ0v) is 11.5. The van der Waals surface area contributed by atoms with Gasteiger partial charge in [0.25, 0.3) is 0 Å². The van der Waals surface area contributed by atoms with Gasteiger partial charge in [0, 0.05) is 24.2 Å². The third-order valence-corrected chi connectivity index (χ3v) is 3.81. The number of ketones is 1. The van der Waals surface area contributed by atoms with Crippen LogP contribution in [-0.2, 0) is 17.6 Å². The first kappa shape index (κ1) is 12.1. The van der Waals surface area contributed by atoms with Gasteiger partial charge in [0.2, 0.25) is 0 Å². The fourth-order valence-corrected chi connectivity index (χ4v) is 2.78. The van der Waals surface area contributed by atoms with E-state index in [-0.39, 0.29) is 5.78 Å². The molecule has 4 heteroatoms. The van der Waals surface area contributed by atoms with E-state index in [1.54, 1.807) is 11.3 Å².